The lowest BCUT2D eigenvalue weighted by Crippen LogP contribution is -2.50. The summed E-state index contributed by atoms with van der Waals surface area (Å²) >= 11 is 0. The van der Waals surface area contributed by atoms with Crippen molar-refractivity contribution in [3.8, 4) is 0 Å². The van der Waals surface area contributed by atoms with E-state index in [9.17, 15) is 9.18 Å². The zero-order chi connectivity index (χ0) is 18.8. The van der Waals surface area contributed by atoms with Crippen molar-refractivity contribution in [3.63, 3.8) is 0 Å². The number of fused-ring (bicyclic) bond motifs is 1. The van der Waals surface area contributed by atoms with Gasteiger partial charge in [0.2, 0.25) is 5.91 Å². The van der Waals surface area contributed by atoms with Crippen LogP contribution in [0.2, 0.25) is 0 Å². The molecule has 2 atom stereocenters. The van der Waals surface area contributed by atoms with Gasteiger partial charge < -0.3 is 19.9 Å². The van der Waals surface area contributed by atoms with Gasteiger partial charge in [-0.15, -0.1) is 0 Å². The zero-order valence-electron chi connectivity index (χ0n) is 15.2. The van der Waals surface area contributed by atoms with Crippen LogP contribution in [-0.2, 0) is 9.53 Å². The number of anilines is 1. The van der Waals surface area contributed by atoms with E-state index in [0.717, 1.165) is 42.7 Å². The van der Waals surface area contributed by atoms with Crippen molar-refractivity contribution in [2.24, 2.45) is 0 Å². The summed E-state index contributed by atoms with van der Waals surface area (Å²) in [5, 5.41) is 4.15. The molecule has 4 heterocycles. The molecule has 8 heteroatoms. The third kappa shape index (κ3) is 3.53. The van der Waals surface area contributed by atoms with Crippen molar-refractivity contribution in [2.45, 2.75) is 37.4 Å². The van der Waals surface area contributed by atoms with Gasteiger partial charge >= 0.3 is 0 Å². The molecule has 0 aliphatic carbocycles. The second kappa shape index (κ2) is 7.64. The maximum atomic E-state index is 14.6. The molecule has 0 saturated carbocycles. The van der Waals surface area contributed by atoms with Gasteiger partial charge in [0.1, 0.15) is 24.0 Å². The number of amides is 1. The minimum atomic E-state index is -1.05. The summed E-state index contributed by atoms with van der Waals surface area (Å²) in [4.78, 5) is 25.5. The SMILES string of the molecule is C=CC(=O)N1CC[C@@H](F)[C@@H](Nc2ncnc3[nH]cc(C4CCOCC4)c23)C1. The summed E-state index contributed by atoms with van der Waals surface area (Å²) in [6, 6.07) is -0.516. The van der Waals surface area contributed by atoms with Crippen LogP contribution in [0, 0.1) is 0 Å². The Labute approximate surface area is 157 Å². The largest absolute Gasteiger partial charge is 0.381 e. The Kier molecular flexibility index (Phi) is 5.07. The molecule has 0 aromatic carbocycles. The van der Waals surface area contributed by atoms with Crippen LogP contribution in [0.1, 0.15) is 30.7 Å². The number of aromatic amines is 1. The number of H-pyrrole nitrogens is 1. The van der Waals surface area contributed by atoms with Crippen LogP contribution in [-0.4, -0.2) is 64.3 Å². The van der Waals surface area contributed by atoms with Gasteiger partial charge in [-0.25, -0.2) is 14.4 Å². The number of carbonyl (C=O) groups is 1. The van der Waals surface area contributed by atoms with E-state index in [2.05, 4.69) is 26.8 Å². The van der Waals surface area contributed by atoms with E-state index in [1.807, 2.05) is 6.20 Å². The summed E-state index contributed by atoms with van der Waals surface area (Å²) in [5.74, 6) is 0.805. The molecule has 0 unspecified atom stereocenters. The second-order valence-corrected chi connectivity index (χ2v) is 7.12. The predicted molar refractivity (Wildman–Crippen MR) is 100 cm³/mol. The first kappa shape index (κ1) is 17.9. The van der Waals surface area contributed by atoms with E-state index in [1.165, 1.54) is 12.4 Å². The quantitative estimate of drug-likeness (QED) is 0.804. The molecule has 2 aromatic rings. The van der Waals surface area contributed by atoms with Gasteiger partial charge in [0.05, 0.1) is 11.4 Å². The highest BCUT2D eigenvalue weighted by Gasteiger charge is 2.32. The molecule has 2 saturated heterocycles. The molecule has 0 spiro atoms. The van der Waals surface area contributed by atoms with E-state index < -0.39 is 12.2 Å². The number of hydrogen-bond acceptors (Lipinski definition) is 5. The van der Waals surface area contributed by atoms with Crippen molar-refractivity contribution in [1.29, 1.82) is 0 Å². The number of rotatable bonds is 4. The fourth-order valence-corrected chi connectivity index (χ4v) is 3.99. The highest BCUT2D eigenvalue weighted by Crippen LogP contribution is 2.35. The number of carbonyl (C=O) groups excluding carboxylic acids is 1. The number of nitrogens with zero attached hydrogens (tertiary/aromatic N) is 3. The fraction of sp³-hybridized carbons (Fsp3) is 0.526. The molecule has 2 N–H and O–H groups in total. The number of alkyl halides is 1. The average Bonchev–Trinajstić information content (AvgIpc) is 3.15. The molecule has 2 aliphatic rings. The van der Waals surface area contributed by atoms with Gasteiger partial charge in [-0.05, 0) is 36.8 Å². The van der Waals surface area contributed by atoms with Crippen LogP contribution in [0.3, 0.4) is 0 Å². The molecule has 144 valence electrons. The Hall–Kier alpha value is -2.48. The van der Waals surface area contributed by atoms with Crippen LogP contribution >= 0.6 is 0 Å². The molecule has 0 radical (unpaired) electrons. The number of hydrogen-bond donors (Lipinski definition) is 2. The van der Waals surface area contributed by atoms with E-state index in [4.69, 9.17) is 4.74 Å². The van der Waals surface area contributed by atoms with Gasteiger partial charge in [0.15, 0.2) is 0 Å². The summed E-state index contributed by atoms with van der Waals surface area (Å²) in [6.45, 7) is 5.69. The highest BCUT2D eigenvalue weighted by atomic mass is 19.1. The number of halogens is 1. The standard InChI is InChI=1S/C19H24FN5O2/c1-2-16(26)25-6-3-14(20)15(10-25)24-19-17-13(12-4-7-27-8-5-12)9-21-18(17)22-11-23-19/h2,9,11-12,14-15H,1,3-8,10H2,(H2,21,22,23,24)/t14-,15+/m1/s1. The van der Waals surface area contributed by atoms with Gasteiger partial charge in [0.25, 0.3) is 0 Å². The molecule has 7 nitrogen and oxygen atoms in total. The van der Waals surface area contributed by atoms with E-state index in [0.29, 0.717) is 24.7 Å². The van der Waals surface area contributed by atoms with Gasteiger partial charge in [-0.2, -0.15) is 0 Å². The summed E-state index contributed by atoms with van der Waals surface area (Å²) < 4.78 is 20.0. The molecule has 2 fully saturated rings. The molecule has 1 amide bonds. The van der Waals surface area contributed by atoms with E-state index in [-0.39, 0.29) is 12.5 Å². The Bertz CT molecular complexity index is 833. The number of piperidine rings is 1. The number of ether oxygens (including phenoxy) is 1. The first-order chi connectivity index (χ1) is 13.2. The van der Waals surface area contributed by atoms with Crippen molar-refractivity contribution < 1.29 is 13.9 Å². The van der Waals surface area contributed by atoms with Crippen LogP contribution in [0.5, 0.6) is 0 Å². The van der Waals surface area contributed by atoms with Crippen molar-refractivity contribution in [3.05, 3.63) is 30.7 Å². The maximum Gasteiger partial charge on any atom is 0.246 e. The summed E-state index contributed by atoms with van der Waals surface area (Å²) in [5.41, 5.74) is 1.88. The molecule has 2 aliphatic heterocycles. The van der Waals surface area contributed by atoms with Crippen molar-refractivity contribution in [1.82, 2.24) is 19.9 Å². The van der Waals surface area contributed by atoms with E-state index >= 15 is 0 Å². The smallest absolute Gasteiger partial charge is 0.246 e. The van der Waals surface area contributed by atoms with Crippen LogP contribution in [0.25, 0.3) is 11.0 Å². The Morgan fingerprint density at radius 1 is 1.37 bits per heavy atom. The zero-order valence-corrected chi connectivity index (χ0v) is 15.2. The molecule has 2 aromatic heterocycles. The number of aromatic nitrogens is 3. The molecule has 27 heavy (non-hydrogen) atoms. The number of likely N-dealkylation sites (tertiary alicyclic amines) is 1. The van der Waals surface area contributed by atoms with Gasteiger partial charge in [0, 0.05) is 32.5 Å². The van der Waals surface area contributed by atoms with Crippen LogP contribution < -0.4 is 5.32 Å². The van der Waals surface area contributed by atoms with Gasteiger partial charge in [-0.3, -0.25) is 4.79 Å². The first-order valence-electron chi connectivity index (χ1n) is 9.39. The topological polar surface area (TPSA) is 83.1 Å². The Morgan fingerprint density at radius 3 is 2.96 bits per heavy atom. The second-order valence-electron chi connectivity index (χ2n) is 7.12. The summed E-state index contributed by atoms with van der Waals surface area (Å²) in [7, 11) is 0. The minimum Gasteiger partial charge on any atom is -0.381 e. The Morgan fingerprint density at radius 2 is 2.19 bits per heavy atom. The Balaban J connectivity index is 1.62. The highest BCUT2D eigenvalue weighted by molar-refractivity contribution is 5.91. The third-order valence-corrected chi connectivity index (χ3v) is 5.50. The normalized spacial score (nSPS) is 24.1. The van der Waals surface area contributed by atoms with Crippen molar-refractivity contribution in [2.75, 3.05) is 31.6 Å². The van der Waals surface area contributed by atoms with E-state index in [1.54, 1.807) is 4.90 Å². The molecular formula is C19H24FN5O2. The minimum absolute atomic E-state index is 0.175. The van der Waals surface area contributed by atoms with Crippen LogP contribution in [0.15, 0.2) is 25.2 Å². The predicted octanol–water partition coefficient (Wildman–Crippen LogP) is 2.39. The molecular weight excluding hydrogens is 349 g/mol. The first-order valence-corrected chi connectivity index (χ1v) is 9.39. The lowest BCUT2D eigenvalue weighted by Gasteiger charge is -2.35. The van der Waals surface area contributed by atoms with Crippen molar-refractivity contribution >= 4 is 22.8 Å². The maximum absolute atomic E-state index is 14.6. The summed E-state index contributed by atoms with van der Waals surface area (Å²) in [6.07, 6.45) is 5.85. The lowest BCUT2D eigenvalue weighted by atomic mass is 9.92. The monoisotopic (exact) mass is 373 g/mol. The third-order valence-electron chi connectivity index (χ3n) is 5.50. The molecule has 0 bridgehead atoms. The average molecular weight is 373 g/mol. The van der Waals surface area contributed by atoms with Gasteiger partial charge in [-0.1, -0.05) is 6.58 Å². The molecule has 4 rings (SSSR count). The number of nitrogens with one attached hydrogen (secondary N) is 2. The lowest BCUT2D eigenvalue weighted by molar-refractivity contribution is -0.127. The van der Waals surface area contributed by atoms with Crippen LogP contribution in [0.4, 0.5) is 10.2 Å². The fourth-order valence-electron chi connectivity index (χ4n) is 3.99.